The molecule has 7 heteroatoms. The van der Waals surface area contributed by atoms with Gasteiger partial charge in [-0.2, -0.15) is 0 Å². The van der Waals surface area contributed by atoms with Crippen LogP contribution < -0.4 is 22.9 Å². The van der Waals surface area contributed by atoms with Crippen LogP contribution >= 0.6 is 0 Å². The number of nitrogens with two attached hydrogens (primary N) is 4. The molecule has 26 heavy (non-hydrogen) atoms. The molecule has 0 rings (SSSR count). The van der Waals surface area contributed by atoms with Gasteiger partial charge in [-0.1, -0.05) is 27.2 Å². The molecule has 0 saturated carbocycles. The van der Waals surface area contributed by atoms with Crippen molar-refractivity contribution in [3.05, 3.63) is 0 Å². The number of carbonyl (C=O) groups excluding carboxylic acids is 2. The third kappa shape index (κ3) is 7.60. The second-order valence-corrected chi connectivity index (χ2v) is 7.94. The average Bonchev–Trinajstić information content (AvgIpc) is 2.52. The third-order valence-corrected chi connectivity index (χ3v) is 5.14. The van der Waals surface area contributed by atoms with E-state index in [1.165, 1.54) is 0 Å². The van der Waals surface area contributed by atoms with E-state index < -0.39 is 29.4 Å². The third-order valence-electron chi connectivity index (χ3n) is 5.14. The molecule has 8 N–H and O–H groups in total. The van der Waals surface area contributed by atoms with Gasteiger partial charge in [0.25, 0.3) is 0 Å². The lowest BCUT2D eigenvalue weighted by molar-refractivity contribution is -0.150. The lowest BCUT2D eigenvalue weighted by Crippen LogP contribution is -2.64. The van der Waals surface area contributed by atoms with Gasteiger partial charge in [0.15, 0.2) is 0 Å². The summed E-state index contributed by atoms with van der Waals surface area (Å²) >= 11 is 0. The molecule has 0 aromatic carbocycles. The average molecular weight is 373 g/mol. The van der Waals surface area contributed by atoms with Gasteiger partial charge in [0.05, 0.1) is 12.5 Å². The van der Waals surface area contributed by atoms with E-state index in [4.69, 9.17) is 27.7 Å². The van der Waals surface area contributed by atoms with Crippen LogP contribution in [0.1, 0.15) is 66.7 Å². The van der Waals surface area contributed by atoms with Gasteiger partial charge in [0.2, 0.25) is 5.91 Å². The van der Waals surface area contributed by atoms with Crippen LogP contribution in [0.25, 0.3) is 0 Å². The molecule has 0 aliphatic rings. The van der Waals surface area contributed by atoms with Crippen molar-refractivity contribution in [3.8, 4) is 0 Å². The van der Waals surface area contributed by atoms with Crippen LogP contribution in [0.15, 0.2) is 0 Å². The summed E-state index contributed by atoms with van der Waals surface area (Å²) in [6.45, 7) is 10.1. The highest BCUT2D eigenvalue weighted by Gasteiger charge is 2.43. The molecule has 1 amide bonds. The SMILES string of the molecule is CCCC(N)C(C)(N)C(CC(C)C)C(N)C(CCC(N)=O)C(=O)OCC. The maximum atomic E-state index is 12.5. The quantitative estimate of drug-likeness (QED) is 0.358. The molecule has 0 saturated heterocycles. The fraction of sp³-hybridized carbons (Fsp3) is 0.895. The van der Waals surface area contributed by atoms with Gasteiger partial charge in [-0.25, -0.2) is 0 Å². The van der Waals surface area contributed by atoms with Gasteiger partial charge in [-0.05, 0) is 44.9 Å². The molecule has 0 heterocycles. The minimum atomic E-state index is -0.739. The van der Waals surface area contributed by atoms with Crippen LogP contribution in [-0.4, -0.2) is 36.1 Å². The highest BCUT2D eigenvalue weighted by molar-refractivity contribution is 5.77. The molecule has 0 bridgehead atoms. The molecule has 0 spiro atoms. The molecule has 0 aromatic rings. The Balaban J connectivity index is 5.68. The first-order chi connectivity index (χ1) is 12.0. The van der Waals surface area contributed by atoms with Crippen molar-refractivity contribution in [2.24, 2.45) is 40.7 Å². The van der Waals surface area contributed by atoms with E-state index in [9.17, 15) is 9.59 Å². The maximum Gasteiger partial charge on any atom is 0.310 e. The Hall–Kier alpha value is -1.18. The molecule has 154 valence electrons. The van der Waals surface area contributed by atoms with Gasteiger partial charge < -0.3 is 27.7 Å². The number of rotatable bonds is 13. The van der Waals surface area contributed by atoms with Crippen molar-refractivity contribution in [3.63, 3.8) is 0 Å². The summed E-state index contributed by atoms with van der Waals surface area (Å²) in [4.78, 5) is 23.7. The Morgan fingerprint density at radius 2 is 1.69 bits per heavy atom. The number of primary amides is 1. The lowest BCUT2D eigenvalue weighted by Gasteiger charge is -2.44. The molecular weight excluding hydrogens is 332 g/mol. The first-order valence-electron chi connectivity index (χ1n) is 9.73. The first kappa shape index (κ1) is 24.8. The predicted octanol–water partition coefficient (Wildman–Crippen LogP) is 1.27. The second kappa shape index (κ2) is 11.5. The summed E-state index contributed by atoms with van der Waals surface area (Å²) in [6, 6.07) is -0.796. The summed E-state index contributed by atoms with van der Waals surface area (Å²) in [6.07, 6.45) is 2.76. The molecule has 0 aliphatic carbocycles. The number of amides is 1. The van der Waals surface area contributed by atoms with Crippen LogP contribution in [0, 0.1) is 17.8 Å². The molecule has 0 aliphatic heterocycles. The van der Waals surface area contributed by atoms with Gasteiger partial charge >= 0.3 is 5.97 Å². The Labute approximate surface area is 158 Å². The largest absolute Gasteiger partial charge is 0.466 e. The number of carbonyl (C=O) groups is 2. The number of hydrogen-bond acceptors (Lipinski definition) is 6. The molecule has 7 nitrogen and oxygen atoms in total. The van der Waals surface area contributed by atoms with Crippen molar-refractivity contribution >= 4 is 11.9 Å². The van der Waals surface area contributed by atoms with Gasteiger partial charge in [-0.3, -0.25) is 9.59 Å². The molecule has 0 radical (unpaired) electrons. The van der Waals surface area contributed by atoms with E-state index in [0.717, 1.165) is 19.3 Å². The Kier molecular flexibility index (Phi) is 11.0. The van der Waals surface area contributed by atoms with E-state index in [0.29, 0.717) is 5.92 Å². The molecule has 0 fully saturated rings. The maximum absolute atomic E-state index is 12.5. The predicted molar refractivity (Wildman–Crippen MR) is 105 cm³/mol. The molecular formula is C19H40N4O3. The molecule has 0 aromatic heterocycles. The van der Waals surface area contributed by atoms with E-state index in [1.807, 2.05) is 6.92 Å². The van der Waals surface area contributed by atoms with Crippen LogP contribution in [0.5, 0.6) is 0 Å². The van der Waals surface area contributed by atoms with Crippen molar-refractivity contribution in [1.29, 1.82) is 0 Å². The Morgan fingerprint density at radius 3 is 2.12 bits per heavy atom. The van der Waals surface area contributed by atoms with Crippen molar-refractivity contribution in [2.75, 3.05) is 6.61 Å². The van der Waals surface area contributed by atoms with Gasteiger partial charge in [0.1, 0.15) is 0 Å². The highest BCUT2D eigenvalue weighted by Crippen LogP contribution is 2.33. The zero-order valence-electron chi connectivity index (χ0n) is 17.2. The normalized spacial score (nSPS) is 18.7. The van der Waals surface area contributed by atoms with E-state index in [-0.39, 0.29) is 31.4 Å². The molecule has 5 atom stereocenters. The zero-order valence-corrected chi connectivity index (χ0v) is 17.2. The van der Waals surface area contributed by atoms with Crippen molar-refractivity contribution < 1.29 is 14.3 Å². The van der Waals surface area contributed by atoms with Gasteiger partial charge in [-0.15, -0.1) is 0 Å². The van der Waals surface area contributed by atoms with Crippen LogP contribution in [0.4, 0.5) is 0 Å². The van der Waals surface area contributed by atoms with Crippen LogP contribution in [-0.2, 0) is 14.3 Å². The fourth-order valence-electron chi connectivity index (χ4n) is 3.53. The van der Waals surface area contributed by atoms with Gasteiger partial charge in [0, 0.05) is 24.0 Å². The minimum absolute atomic E-state index is 0.0773. The van der Waals surface area contributed by atoms with E-state index in [1.54, 1.807) is 6.92 Å². The van der Waals surface area contributed by atoms with Crippen molar-refractivity contribution in [2.45, 2.75) is 84.3 Å². The summed E-state index contributed by atoms with van der Waals surface area (Å²) in [5.74, 6) is -1.36. The summed E-state index contributed by atoms with van der Waals surface area (Å²) in [5.41, 5.74) is 24.1. The highest BCUT2D eigenvalue weighted by atomic mass is 16.5. The van der Waals surface area contributed by atoms with E-state index >= 15 is 0 Å². The van der Waals surface area contributed by atoms with E-state index in [2.05, 4.69) is 20.8 Å². The minimum Gasteiger partial charge on any atom is -0.466 e. The lowest BCUT2D eigenvalue weighted by atomic mass is 9.68. The summed E-state index contributed by atoms with van der Waals surface area (Å²) in [5, 5.41) is 0. The summed E-state index contributed by atoms with van der Waals surface area (Å²) < 4.78 is 5.19. The van der Waals surface area contributed by atoms with Crippen molar-refractivity contribution in [1.82, 2.24) is 0 Å². The second-order valence-electron chi connectivity index (χ2n) is 7.94. The molecule has 5 unspecified atom stereocenters. The summed E-state index contributed by atoms with van der Waals surface area (Å²) in [7, 11) is 0. The zero-order chi connectivity index (χ0) is 20.5. The number of ether oxygens (including phenoxy) is 1. The number of esters is 1. The first-order valence-corrected chi connectivity index (χ1v) is 9.73. The standard InChI is InChI=1S/C19H40N4O3/c1-6-8-15(20)19(5,23)14(11-12(3)4)17(22)13(9-10-16(21)24)18(25)26-7-2/h12-15,17H,6-11,20,22-23H2,1-5H3,(H2,21,24). The van der Waals surface area contributed by atoms with Crippen LogP contribution in [0.3, 0.4) is 0 Å². The fourth-order valence-corrected chi connectivity index (χ4v) is 3.53. The topological polar surface area (TPSA) is 147 Å². The number of hydrogen-bond donors (Lipinski definition) is 4. The smallest absolute Gasteiger partial charge is 0.310 e. The van der Waals surface area contributed by atoms with Crippen LogP contribution in [0.2, 0.25) is 0 Å². The monoisotopic (exact) mass is 372 g/mol. The Morgan fingerprint density at radius 1 is 1.12 bits per heavy atom. The Bertz CT molecular complexity index is 441.